The molecular weight excluding hydrogens is 438 g/mol. The number of nitrogens with one attached hydrogen (secondary N) is 1. The lowest BCUT2D eigenvalue weighted by Crippen LogP contribution is -2.35. The molecule has 0 spiro atoms. The van der Waals surface area contributed by atoms with Crippen molar-refractivity contribution in [2.75, 3.05) is 0 Å². The van der Waals surface area contributed by atoms with Crippen molar-refractivity contribution in [1.82, 2.24) is 15.5 Å². The van der Waals surface area contributed by atoms with Crippen molar-refractivity contribution >= 4 is 33.6 Å². The van der Waals surface area contributed by atoms with Gasteiger partial charge in [0.15, 0.2) is 0 Å². The second-order valence-electron chi connectivity index (χ2n) is 6.77. The minimum Gasteiger partial charge on any atom is -0.411 e. The van der Waals surface area contributed by atoms with Crippen LogP contribution in [0.15, 0.2) is 62.6 Å². The summed E-state index contributed by atoms with van der Waals surface area (Å²) in [6.07, 6.45) is 3.13. The first-order chi connectivity index (χ1) is 13.6. The predicted octanol–water partition coefficient (Wildman–Crippen LogP) is 5.17. The largest absolute Gasteiger partial charge is 0.411 e. The Kier molecular flexibility index (Phi) is 5.82. The van der Waals surface area contributed by atoms with Crippen LogP contribution in [0.4, 0.5) is 0 Å². The highest BCUT2D eigenvalue weighted by molar-refractivity contribution is 9.10. The third-order valence-corrected chi connectivity index (χ3v) is 6.47. The third kappa shape index (κ3) is 4.15. The lowest BCUT2D eigenvalue weighted by atomic mass is 9.88. The Bertz CT molecular complexity index is 991. The number of amides is 1. The van der Waals surface area contributed by atoms with E-state index in [0.29, 0.717) is 11.1 Å². The summed E-state index contributed by atoms with van der Waals surface area (Å²) in [7, 11) is 0. The number of fused-ring (bicyclic) bond motifs is 1. The van der Waals surface area contributed by atoms with Crippen LogP contribution in [-0.4, -0.2) is 21.4 Å². The number of benzene rings is 2. The Morgan fingerprint density at radius 1 is 1.21 bits per heavy atom. The van der Waals surface area contributed by atoms with Crippen molar-refractivity contribution in [3.8, 4) is 11.5 Å². The number of rotatable bonds is 5. The molecule has 1 aromatic heterocycles. The van der Waals surface area contributed by atoms with Crippen molar-refractivity contribution < 1.29 is 9.21 Å². The fraction of sp³-hybridized carbons (Fsp3) is 0.286. The first-order valence-electron chi connectivity index (χ1n) is 9.25. The predicted molar refractivity (Wildman–Crippen MR) is 113 cm³/mol. The molecule has 1 amide bonds. The summed E-state index contributed by atoms with van der Waals surface area (Å²) in [5.74, 6) is 0.413. The Labute approximate surface area is 176 Å². The van der Waals surface area contributed by atoms with Crippen LogP contribution in [0.25, 0.3) is 11.5 Å². The van der Waals surface area contributed by atoms with E-state index in [1.54, 1.807) is 0 Å². The third-order valence-electron chi connectivity index (χ3n) is 4.84. The molecule has 7 heteroatoms. The van der Waals surface area contributed by atoms with E-state index in [1.807, 2.05) is 37.3 Å². The van der Waals surface area contributed by atoms with E-state index in [2.05, 4.69) is 49.6 Å². The SMILES string of the molecule is C[C@@H](Sc1nnc(-c2ccccc2Br)o1)C(=O)N[C@@H]1CCCc2ccccc21. The number of carbonyl (C=O) groups excluding carboxylic acids is 1. The van der Waals surface area contributed by atoms with E-state index in [1.165, 1.54) is 22.9 Å². The van der Waals surface area contributed by atoms with Crippen molar-refractivity contribution in [2.45, 2.75) is 42.7 Å². The second-order valence-corrected chi connectivity index (χ2v) is 8.91. The van der Waals surface area contributed by atoms with Gasteiger partial charge in [-0.05, 0) is 65.4 Å². The standard InChI is InChI=1S/C21H20BrN3O2S/c1-13(19(26)23-18-12-6-8-14-7-2-3-9-15(14)18)28-21-25-24-20(27-21)16-10-4-5-11-17(16)22/h2-5,7,9-11,13,18H,6,8,12H2,1H3,(H,23,26)/t13-,18-/m1/s1. The molecule has 144 valence electrons. The van der Waals surface area contributed by atoms with Crippen molar-refractivity contribution in [1.29, 1.82) is 0 Å². The average molecular weight is 458 g/mol. The smallest absolute Gasteiger partial charge is 0.277 e. The summed E-state index contributed by atoms with van der Waals surface area (Å²) < 4.78 is 6.63. The van der Waals surface area contributed by atoms with E-state index >= 15 is 0 Å². The Hall–Kier alpha value is -2.12. The number of hydrogen-bond donors (Lipinski definition) is 1. The van der Waals surface area contributed by atoms with Gasteiger partial charge < -0.3 is 9.73 Å². The van der Waals surface area contributed by atoms with Crippen LogP contribution in [0, 0.1) is 0 Å². The van der Waals surface area contributed by atoms with Gasteiger partial charge in [0, 0.05) is 4.47 Å². The molecule has 0 fully saturated rings. The second kappa shape index (κ2) is 8.49. The zero-order valence-corrected chi connectivity index (χ0v) is 17.8. The molecule has 0 radical (unpaired) electrons. The summed E-state index contributed by atoms with van der Waals surface area (Å²) in [4.78, 5) is 12.7. The highest BCUT2D eigenvalue weighted by atomic mass is 79.9. The van der Waals surface area contributed by atoms with Crippen LogP contribution >= 0.6 is 27.7 Å². The van der Waals surface area contributed by atoms with E-state index < -0.39 is 0 Å². The van der Waals surface area contributed by atoms with Crippen LogP contribution in [-0.2, 0) is 11.2 Å². The average Bonchev–Trinajstić information content (AvgIpc) is 3.16. The molecule has 0 saturated carbocycles. The molecular formula is C21H20BrN3O2S. The molecule has 2 aromatic carbocycles. The van der Waals surface area contributed by atoms with Crippen LogP contribution in [0.1, 0.15) is 36.9 Å². The van der Waals surface area contributed by atoms with Crippen LogP contribution in [0.3, 0.4) is 0 Å². The molecule has 1 heterocycles. The van der Waals surface area contributed by atoms with Crippen molar-refractivity contribution in [3.63, 3.8) is 0 Å². The first kappa shape index (κ1) is 19.2. The molecule has 4 rings (SSSR count). The van der Waals surface area contributed by atoms with Gasteiger partial charge in [0.25, 0.3) is 5.22 Å². The fourth-order valence-electron chi connectivity index (χ4n) is 3.40. The number of hydrogen-bond acceptors (Lipinski definition) is 5. The Morgan fingerprint density at radius 3 is 2.86 bits per heavy atom. The van der Waals surface area contributed by atoms with Gasteiger partial charge >= 0.3 is 0 Å². The maximum absolute atomic E-state index is 12.7. The molecule has 0 saturated heterocycles. The number of thioether (sulfide) groups is 1. The molecule has 28 heavy (non-hydrogen) atoms. The number of aromatic nitrogens is 2. The van der Waals surface area contributed by atoms with Crippen molar-refractivity contribution in [3.05, 3.63) is 64.1 Å². The van der Waals surface area contributed by atoms with Gasteiger partial charge in [-0.1, -0.05) is 48.2 Å². The Morgan fingerprint density at radius 2 is 2.00 bits per heavy atom. The van der Waals surface area contributed by atoms with E-state index in [9.17, 15) is 4.79 Å². The maximum atomic E-state index is 12.7. The summed E-state index contributed by atoms with van der Waals surface area (Å²) in [6, 6.07) is 16.1. The van der Waals surface area contributed by atoms with Crippen LogP contribution < -0.4 is 5.32 Å². The summed E-state index contributed by atoms with van der Waals surface area (Å²) >= 11 is 4.76. The molecule has 0 unspecified atom stereocenters. The van der Waals surface area contributed by atoms with Gasteiger partial charge in [0.2, 0.25) is 11.8 Å². The molecule has 2 atom stereocenters. The lowest BCUT2D eigenvalue weighted by molar-refractivity contribution is -0.121. The molecule has 1 aliphatic carbocycles. The minimum atomic E-state index is -0.332. The normalized spacial score (nSPS) is 17.0. The van der Waals surface area contributed by atoms with E-state index in [4.69, 9.17) is 4.42 Å². The zero-order valence-electron chi connectivity index (χ0n) is 15.4. The summed E-state index contributed by atoms with van der Waals surface area (Å²) in [5, 5.41) is 11.4. The fourth-order valence-corrected chi connectivity index (χ4v) is 4.55. The monoisotopic (exact) mass is 457 g/mol. The summed E-state index contributed by atoms with van der Waals surface area (Å²) in [5.41, 5.74) is 3.39. The van der Waals surface area contributed by atoms with E-state index in [0.717, 1.165) is 29.3 Å². The maximum Gasteiger partial charge on any atom is 0.277 e. The van der Waals surface area contributed by atoms with E-state index in [-0.39, 0.29) is 17.2 Å². The van der Waals surface area contributed by atoms with Gasteiger partial charge in [0.05, 0.1) is 16.9 Å². The minimum absolute atomic E-state index is 0.0210. The van der Waals surface area contributed by atoms with Crippen LogP contribution in [0.2, 0.25) is 0 Å². The highest BCUT2D eigenvalue weighted by Gasteiger charge is 2.25. The molecule has 1 aliphatic rings. The van der Waals surface area contributed by atoms with Gasteiger partial charge in [-0.15, -0.1) is 10.2 Å². The van der Waals surface area contributed by atoms with Crippen molar-refractivity contribution in [2.24, 2.45) is 0 Å². The molecule has 3 aromatic rings. The zero-order chi connectivity index (χ0) is 19.5. The topological polar surface area (TPSA) is 68.0 Å². The number of carbonyl (C=O) groups is 1. The number of nitrogens with zero attached hydrogens (tertiary/aromatic N) is 2. The first-order valence-corrected chi connectivity index (χ1v) is 10.9. The van der Waals surface area contributed by atoms with Gasteiger partial charge in [0.1, 0.15) is 0 Å². The van der Waals surface area contributed by atoms with Gasteiger partial charge in [-0.2, -0.15) is 0 Å². The van der Waals surface area contributed by atoms with Crippen LogP contribution in [0.5, 0.6) is 0 Å². The lowest BCUT2D eigenvalue weighted by Gasteiger charge is -2.27. The highest BCUT2D eigenvalue weighted by Crippen LogP contribution is 2.32. The van der Waals surface area contributed by atoms with Gasteiger partial charge in [-0.25, -0.2) is 0 Å². The summed E-state index contributed by atoms with van der Waals surface area (Å²) in [6.45, 7) is 1.86. The molecule has 0 bridgehead atoms. The molecule has 0 aliphatic heterocycles. The number of halogens is 1. The van der Waals surface area contributed by atoms with Gasteiger partial charge in [-0.3, -0.25) is 4.79 Å². The molecule has 1 N–H and O–H groups in total. The quantitative estimate of drug-likeness (QED) is 0.534. The molecule has 5 nitrogen and oxygen atoms in total. The Balaban J connectivity index is 1.41. The number of aryl methyl sites for hydroxylation is 1.